The highest BCUT2D eigenvalue weighted by Gasteiger charge is 2.25. The number of aromatic amines is 1. The van der Waals surface area contributed by atoms with E-state index < -0.39 is 0 Å². The molecule has 0 amide bonds. The molecule has 7 heteroatoms. The van der Waals surface area contributed by atoms with Crippen LogP contribution in [0.5, 0.6) is 0 Å². The topological polar surface area (TPSA) is 74.1 Å². The largest absolute Gasteiger partial charge is 0.327 e. The zero-order valence-electron chi connectivity index (χ0n) is 15.7. The summed E-state index contributed by atoms with van der Waals surface area (Å²) < 4.78 is 1.94. The highest BCUT2D eigenvalue weighted by molar-refractivity contribution is 5.63. The van der Waals surface area contributed by atoms with Crippen LogP contribution < -0.4 is 10.2 Å². The minimum Gasteiger partial charge on any atom is -0.327 e. The summed E-state index contributed by atoms with van der Waals surface area (Å²) in [6, 6.07) is 4.07. The second kappa shape index (κ2) is 6.99. The number of nitrogens with one attached hydrogen (secondary N) is 2. The van der Waals surface area contributed by atoms with Crippen LogP contribution in [0.4, 0.5) is 17.6 Å². The van der Waals surface area contributed by atoms with E-state index in [2.05, 4.69) is 50.2 Å². The third-order valence-electron chi connectivity index (χ3n) is 5.14. The van der Waals surface area contributed by atoms with Crippen molar-refractivity contribution in [3.63, 3.8) is 0 Å². The Morgan fingerprint density at radius 2 is 2.14 bits per heavy atom. The van der Waals surface area contributed by atoms with Crippen molar-refractivity contribution >= 4 is 23.2 Å². The number of rotatable bonds is 4. The molecule has 0 aromatic carbocycles. The number of anilines is 3. The molecule has 4 heterocycles. The number of hydrogen-bond donors (Lipinski definition) is 2. The lowest BCUT2D eigenvalue weighted by molar-refractivity contribution is 0.800. The van der Waals surface area contributed by atoms with Crippen LogP contribution in [0.15, 0.2) is 61.1 Å². The first-order valence-corrected chi connectivity index (χ1v) is 9.74. The maximum absolute atomic E-state index is 4.88. The van der Waals surface area contributed by atoms with Gasteiger partial charge in [0.15, 0.2) is 5.82 Å². The normalized spacial score (nSPS) is 19.9. The summed E-state index contributed by atoms with van der Waals surface area (Å²) in [7, 11) is 0. The molecule has 5 rings (SSSR count). The van der Waals surface area contributed by atoms with Crippen LogP contribution in [0.2, 0.25) is 0 Å². The summed E-state index contributed by atoms with van der Waals surface area (Å²) in [5.41, 5.74) is 2.93. The predicted octanol–water partition coefficient (Wildman–Crippen LogP) is 4.30. The second-order valence-corrected chi connectivity index (χ2v) is 7.27. The van der Waals surface area contributed by atoms with E-state index in [-0.39, 0.29) is 0 Å². The molecular weight excluding hydrogens is 350 g/mol. The zero-order chi connectivity index (χ0) is 18.9. The molecule has 1 aliphatic heterocycles. The van der Waals surface area contributed by atoms with Crippen molar-refractivity contribution in [1.82, 2.24) is 24.6 Å². The van der Waals surface area contributed by atoms with Gasteiger partial charge >= 0.3 is 0 Å². The first kappa shape index (κ1) is 16.8. The molecule has 1 aliphatic carbocycles. The monoisotopic (exact) mass is 373 g/mol. The fraction of sp³-hybridized carbons (Fsp3) is 0.286. The predicted molar refractivity (Wildman–Crippen MR) is 111 cm³/mol. The summed E-state index contributed by atoms with van der Waals surface area (Å²) in [6.45, 7) is 5.08. The number of nitrogens with zero attached hydrogens (tertiary/aromatic N) is 5. The van der Waals surface area contributed by atoms with Crippen molar-refractivity contribution < 1.29 is 0 Å². The van der Waals surface area contributed by atoms with E-state index in [9.17, 15) is 0 Å². The Bertz CT molecular complexity index is 1070. The van der Waals surface area contributed by atoms with E-state index in [4.69, 9.17) is 4.98 Å². The molecule has 2 N–H and O–H groups in total. The maximum atomic E-state index is 4.88. The summed E-state index contributed by atoms with van der Waals surface area (Å²) >= 11 is 0. The number of H-pyrrole nitrogens is 1. The van der Waals surface area contributed by atoms with Gasteiger partial charge < -0.3 is 10.2 Å². The first-order chi connectivity index (χ1) is 13.8. The van der Waals surface area contributed by atoms with Gasteiger partial charge in [-0.05, 0) is 31.8 Å². The van der Waals surface area contributed by atoms with Crippen LogP contribution in [-0.2, 0) is 0 Å². The average Bonchev–Trinajstić information content (AvgIpc) is 3.22. The van der Waals surface area contributed by atoms with E-state index >= 15 is 0 Å². The van der Waals surface area contributed by atoms with E-state index in [1.165, 1.54) is 18.5 Å². The fourth-order valence-corrected chi connectivity index (χ4v) is 3.46. The standard InChI is InChI=1S/C21H23N7/c1-15-7-5-3-2-4-6-11-27(15)20-14-19-22-10-12-28(19)21(24-20)23-18-13-17(25-26-18)16-8-9-16/h2-3,5,7,10,12-14,16H,1,4,6,8-9,11H2,(H2,23,24,25,26)/b3-2-,7-5-. The van der Waals surface area contributed by atoms with Gasteiger partial charge in [-0.3, -0.25) is 9.50 Å². The molecule has 1 saturated carbocycles. The van der Waals surface area contributed by atoms with Crippen molar-refractivity contribution in [2.75, 3.05) is 16.8 Å². The lowest BCUT2D eigenvalue weighted by Gasteiger charge is -2.24. The maximum Gasteiger partial charge on any atom is 0.216 e. The van der Waals surface area contributed by atoms with Crippen LogP contribution in [0.25, 0.3) is 5.65 Å². The molecule has 0 radical (unpaired) electrons. The Hall–Kier alpha value is -3.35. The molecule has 0 bridgehead atoms. The van der Waals surface area contributed by atoms with Gasteiger partial charge in [-0.15, -0.1) is 0 Å². The Morgan fingerprint density at radius 3 is 3.04 bits per heavy atom. The van der Waals surface area contributed by atoms with Crippen LogP contribution in [-0.4, -0.2) is 31.1 Å². The first-order valence-electron chi connectivity index (χ1n) is 9.74. The summed E-state index contributed by atoms with van der Waals surface area (Å²) in [6.07, 6.45) is 16.5. The molecule has 0 saturated heterocycles. The van der Waals surface area contributed by atoms with Gasteiger partial charge in [0, 0.05) is 48.4 Å². The van der Waals surface area contributed by atoms with Gasteiger partial charge in [0.2, 0.25) is 5.95 Å². The van der Waals surface area contributed by atoms with Crippen LogP contribution in [0.3, 0.4) is 0 Å². The molecule has 1 fully saturated rings. The van der Waals surface area contributed by atoms with Gasteiger partial charge in [0.05, 0.1) is 0 Å². The minimum atomic E-state index is 0.629. The highest BCUT2D eigenvalue weighted by Crippen LogP contribution is 2.39. The zero-order valence-corrected chi connectivity index (χ0v) is 15.7. The highest BCUT2D eigenvalue weighted by atomic mass is 15.3. The van der Waals surface area contributed by atoms with Gasteiger partial charge in [0.25, 0.3) is 0 Å². The molecule has 28 heavy (non-hydrogen) atoms. The van der Waals surface area contributed by atoms with Crippen molar-refractivity contribution in [3.05, 3.63) is 66.8 Å². The van der Waals surface area contributed by atoms with Crippen LogP contribution in [0.1, 0.15) is 37.3 Å². The number of imidazole rings is 1. The van der Waals surface area contributed by atoms with Gasteiger partial charge in [-0.1, -0.05) is 24.8 Å². The molecule has 142 valence electrons. The number of aromatic nitrogens is 5. The third-order valence-corrected chi connectivity index (χ3v) is 5.14. The molecule has 0 unspecified atom stereocenters. The molecule has 7 nitrogen and oxygen atoms in total. The smallest absolute Gasteiger partial charge is 0.216 e. The van der Waals surface area contributed by atoms with Crippen LogP contribution >= 0.6 is 0 Å². The Labute approximate surface area is 163 Å². The van der Waals surface area contributed by atoms with Gasteiger partial charge in [-0.25, -0.2) is 4.98 Å². The Kier molecular flexibility index (Phi) is 4.20. The number of allylic oxidation sites excluding steroid dienone is 4. The van der Waals surface area contributed by atoms with Crippen molar-refractivity contribution in [1.29, 1.82) is 0 Å². The number of hydrogen-bond acceptors (Lipinski definition) is 5. The second-order valence-electron chi connectivity index (χ2n) is 7.27. The minimum absolute atomic E-state index is 0.629. The van der Waals surface area contributed by atoms with E-state index in [1.807, 2.05) is 28.8 Å². The summed E-state index contributed by atoms with van der Waals surface area (Å²) in [5, 5.41) is 10.9. The third kappa shape index (κ3) is 3.31. The SMILES string of the molecule is C=C1/C=C\C=C/CCCN1c1cc2nccn2c(Nc2cc(C3CC3)[nH]n2)n1. The van der Waals surface area contributed by atoms with Crippen molar-refractivity contribution in [3.8, 4) is 0 Å². The molecule has 2 aliphatic rings. The molecule has 0 atom stereocenters. The Morgan fingerprint density at radius 1 is 1.21 bits per heavy atom. The summed E-state index contributed by atoms with van der Waals surface area (Å²) in [5.74, 6) is 2.92. The van der Waals surface area contributed by atoms with E-state index in [0.29, 0.717) is 11.9 Å². The van der Waals surface area contributed by atoms with E-state index in [0.717, 1.165) is 42.4 Å². The van der Waals surface area contributed by atoms with Crippen LogP contribution in [0, 0.1) is 0 Å². The lowest BCUT2D eigenvalue weighted by atomic mass is 10.2. The lowest BCUT2D eigenvalue weighted by Crippen LogP contribution is -2.24. The van der Waals surface area contributed by atoms with Crippen molar-refractivity contribution in [2.45, 2.75) is 31.6 Å². The average molecular weight is 373 g/mol. The Balaban J connectivity index is 1.50. The summed E-state index contributed by atoms with van der Waals surface area (Å²) in [4.78, 5) is 11.5. The molecular formula is C21H23N7. The quantitative estimate of drug-likeness (QED) is 0.713. The van der Waals surface area contributed by atoms with Gasteiger partial charge in [0.1, 0.15) is 11.5 Å². The van der Waals surface area contributed by atoms with Gasteiger partial charge in [-0.2, -0.15) is 10.1 Å². The molecule has 3 aromatic heterocycles. The van der Waals surface area contributed by atoms with E-state index in [1.54, 1.807) is 6.20 Å². The fourth-order valence-electron chi connectivity index (χ4n) is 3.46. The number of fused-ring (bicyclic) bond motifs is 1. The molecule has 3 aromatic rings. The van der Waals surface area contributed by atoms with Crippen molar-refractivity contribution in [2.24, 2.45) is 0 Å². The molecule has 0 spiro atoms.